The van der Waals surface area contributed by atoms with Gasteiger partial charge in [-0.25, -0.2) is 4.79 Å². The van der Waals surface area contributed by atoms with Crippen LogP contribution >= 0.6 is 0 Å². The van der Waals surface area contributed by atoms with E-state index >= 15 is 0 Å². The van der Waals surface area contributed by atoms with Crippen LogP contribution in [0.5, 0.6) is 0 Å². The lowest BCUT2D eigenvalue weighted by molar-refractivity contribution is -0.409. The van der Waals surface area contributed by atoms with Crippen molar-refractivity contribution >= 4 is 16.4 Å². The van der Waals surface area contributed by atoms with E-state index in [1.165, 1.54) is 0 Å². The van der Waals surface area contributed by atoms with Gasteiger partial charge in [0.15, 0.2) is 6.54 Å². The van der Waals surface area contributed by atoms with Gasteiger partial charge in [-0.1, -0.05) is 0 Å². The summed E-state index contributed by atoms with van der Waals surface area (Å²) in [5, 5.41) is 0. The fourth-order valence-electron chi connectivity index (χ4n) is 0.781. The number of hydrogen-bond acceptors (Lipinski definition) is 3. The summed E-state index contributed by atoms with van der Waals surface area (Å²) in [6.45, 7) is 0.356. The van der Waals surface area contributed by atoms with Crippen LogP contribution in [0.1, 0.15) is 12.8 Å². The molecule has 4 nitrogen and oxygen atoms in total. The molecule has 1 aliphatic rings. The first-order chi connectivity index (χ1) is 4.22. The van der Waals surface area contributed by atoms with Crippen LogP contribution in [0.4, 0.5) is 0 Å². The maximum absolute atomic E-state index is 10.5. The normalized spacial score (nSPS) is 18.7. The van der Waals surface area contributed by atoms with E-state index in [1.54, 1.807) is 0 Å². The molecular formula is C4H6NO3S+. The van der Waals surface area contributed by atoms with Gasteiger partial charge in [-0.2, -0.15) is 0 Å². The predicted octanol–water partition coefficient (Wildman–Crippen LogP) is -0.618. The Labute approximate surface area is 53.8 Å². The zero-order chi connectivity index (χ0) is 6.85. The molecule has 1 amide bonds. The van der Waals surface area contributed by atoms with Gasteiger partial charge >= 0.3 is 16.4 Å². The third-order valence-electron chi connectivity index (χ3n) is 1.21. The number of carbonyl (C=O) groups excluding carboxylic acids is 1. The molecule has 0 radical (unpaired) electrons. The van der Waals surface area contributed by atoms with Crippen molar-refractivity contribution in [1.82, 2.24) is 0 Å². The highest BCUT2D eigenvalue weighted by Gasteiger charge is 2.27. The fourth-order valence-corrected chi connectivity index (χ4v) is 1.32. The summed E-state index contributed by atoms with van der Waals surface area (Å²) in [5.41, 5.74) is 0. The molecule has 0 aromatic rings. The van der Waals surface area contributed by atoms with Crippen LogP contribution < -0.4 is 0 Å². The number of amides is 1. The van der Waals surface area contributed by atoms with E-state index in [1.807, 2.05) is 0 Å². The Hall–Kier alpha value is -0.710. The van der Waals surface area contributed by atoms with E-state index in [0.29, 0.717) is 19.4 Å². The predicted molar refractivity (Wildman–Crippen MR) is 28.3 cm³/mol. The van der Waals surface area contributed by atoms with Gasteiger partial charge < -0.3 is 0 Å². The summed E-state index contributed by atoms with van der Waals surface area (Å²) in [6.07, 6.45) is 1.03. The van der Waals surface area contributed by atoms with Gasteiger partial charge in [0, 0.05) is 6.42 Å². The van der Waals surface area contributed by atoms with Crippen molar-refractivity contribution in [2.24, 2.45) is 0 Å². The van der Waals surface area contributed by atoms with Crippen molar-refractivity contribution < 1.29 is 17.2 Å². The summed E-state index contributed by atoms with van der Waals surface area (Å²) < 4.78 is 21.1. The molecule has 0 atom stereocenters. The van der Waals surface area contributed by atoms with Gasteiger partial charge in [0.05, 0.1) is 6.42 Å². The molecule has 50 valence electrons. The molecule has 9 heavy (non-hydrogen) atoms. The monoisotopic (exact) mass is 148 g/mol. The zero-order valence-corrected chi connectivity index (χ0v) is 5.52. The third-order valence-corrected chi connectivity index (χ3v) is 1.96. The van der Waals surface area contributed by atoms with E-state index in [2.05, 4.69) is 0 Å². The Bertz CT molecular complexity index is 256. The minimum atomic E-state index is -2.34. The minimum absolute atomic E-state index is 0.289. The highest BCUT2D eigenvalue weighted by Crippen LogP contribution is 2.02. The van der Waals surface area contributed by atoms with Crippen molar-refractivity contribution in [2.75, 3.05) is 6.54 Å². The van der Waals surface area contributed by atoms with Crippen molar-refractivity contribution in [2.45, 2.75) is 12.8 Å². The van der Waals surface area contributed by atoms with Gasteiger partial charge in [-0.05, 0) is 3.95 Å². The number of carbonyl (C=O) groups is 1. The fraction of sp³-hybridized carbons (Fsp3) is 0.750. The first-order valence-corrected chi connectivity index (χ1v) is 3.65. The molecule has 1 saturated heterocycles. The number of nitrogens with zero attached hydrogens (tertiary/aromatic N) is 1. The van der Waals surface area contributed by atoms with Crippen LogP contribution in [0.3, 0.4) is 0 Å². The van der Waals surface area contributed by atoms with Crippen LogP contribution in [0.2, 0.25) is 0 Å². The first kappa shape index (κ1) is 6.41. The van der Waals surface area contributed by atoms with Crippen LogP contribution in [-0.2, 0) is 15.3 Å². The highest BCUT2D eigenvalue weighted by atomic mass is 32.2. The molecule has 0 unspecified atom stereocenters. The van der Waals surface area contributed by atoms with Crippen LogP contribution in [-0.4, -0.2) is 24.8 Å². The van der Waals surface area contributed by atoms with E-state index in [9.17, 15) is 13.2 Å². The standard InChI is InChI=1S/C4H6NO3S/c6-4-2-1-3-5(4)9(7)8/h1-3H2/q+1. The van der Waals surface area contributed by atoms with E-state index in [-0.39, 0.29) is 5.91 Å². The lowest BCUT2D eigenvalue weighted by Gasteiger charge is -1.72. The number of rotatable bonds is 0. The molecule has 0 saturated carbocycles. The Kier molecular flexibility index (Phi) is 1.61. The molecule has 0 N–H and O–H groups in total. The van der Waals surface area contributed by atoms with Gasteiger partial charge in [-0.15, -0.1) is 8.42 Å². The molecule has 0 aromatic heterocycles. The summed E-state index contributed by atoms with van der Waals surface area (Å²) in [4.78, 5) is 10.5. The zero-order valence-electron chi connectivity index (χ0n) is 4.70. The van der Waals surface area contributed by atoms with Crippen LogP contribution in [0.15, 0.2) is 0 Å². The first-order valence-electron chi connectivity index (χ1n) is 2.61. The second-order valence-electron chi connectivity index (χ2n) is 1.82. The van der Waals surface area contributed by atoms with Crippen LogP contribution in [0, 0.1) is 0 Å². The Morgan fingerprint density at radius 1 is 1.44 bits per heavy atom. The quantitative estimate of drug-likeness (QED) is 0.430. The van der Waals surface area contributed by atoms with Crippen molar-refractivity contribution in [3.05, 3.63) is 0 Å². The maximum atomic E-state index is 10.5. The Morgan fingerprint density at radius 3 is 2.33 bits per heavy atom. The largest absolute Gasteiger partial charge is 0.467 e. The van der Waals surface area contributed by atoms with Gasteiger partial charge in [0.2, 0.25) is 0 Å². The third kappa shape index (κ3) is 1.16. The molecule has 1 aliphatic heterocycles. The Balaban J connectivity index is 3.12. The van der Waals surface area contributed by atoms with Gasteiger partial charge in [0.25, 0.3) is 0 Å². The molecule has 1 rings (SSSR count). The summed E-state index contributed by atoms with van der Waals surface area (Å²) >= 11 is 0. The molecule has 5 heteroatoms. The second kappa shape index (κ2) is 2.26. The van der Waals surface area contributed by atoms with Crippen molar-refractivity contribution in [3.63, 3.8) is 0 Å². The topological polar surface area (TPSA) is 54.2 Å². The average Bonchev–Trinajstić information content (AvgIpc) is 2.13. The van der Waals surface area contributed by atoms with Crippen molar-refractivity contribution in [3.8, 4) is 0 Å². The minimum Gasteiger partial charge on any atom is -0.218 e. The molecular weight excluding hydrogens is 142 g/mol. The molecule has 1 heterocycles. The summed E-state index contributed by atoms with van der Waals surface area (Å²) in [5.74, 6) is -0.289. The molecule has 1 fully saturated rings. The lowest BCUT2D eigenvalue weighted by atomic mass is 10.4. The maximum Gasteiger partial charge on any atom is 0.467 e. The van der Waals surface area contributed by atoms with E-state index < -0.39 is 10.5 Å². The summed E-state index contributed by atoms with van der Waals surface area (Å²) in [6, 6.07) is 0. The lowest BCUT2D eigenvalue weighted by Crippen LogP contribution is -2.10. The van der Waals surface area contributed by atoms with Gasteiger partial charge in [-0.3, -0.25) is 0 Å². The smallest absolute Gasteiger partial charge is 0.218 e. The van der Waals surface area contributed by atoms with E-state index in [4.69, 9.17) is 0 Å². The summed E-state index contributed by atoms with van der Waals surface area (Å²) in [7, 11) is -2.34. The average molecular weight is 148 g/mol. The second-order valence-corrected chi connectivity index (χ2v) is 2.69. The molecule has 0 aliphatic carbocycles. The molecule has 0 bridgehead atoms. The van der Waals surface area contributed by atoms with E-state index in [0.717, 1.165) is 3.95 Å². The molecule has 0 aromatic carbocycles. The Morgan fingerprint density at radius 2 is 2.11 bits per heavy atom. The van der Waals surface area contributed by atoms with Crippen LogP contribution in [0.25, 0.3) is 0 Å². The SMILES string of the molecule is O=C1CCC[N+]1=S(=O)=O. The highest BCUT2D eigenvalue weighted by molar-refractivity contribution is 7.59. The number of hydrogen-bond donors (Lipinski definition) is 0. The molecule has 0 spiro atoms. The van der Waals surface area contributed by atoms with Crippen molar-refractivity contribution in [1.29, 1.82) is 0 Å². The van der Waals surface area contributed by atoms with Gasteiger partial charge in [0.1, 0.15) is 0 Å².